The monoisotopic (exact) mass is 353 g/mol. The number of nitrogens with one attached hydrogen (secondary N) is 1. The first-order chi connectivity index (χ1) is 12.5. The lowest BCUT2D eigenvalue weighted by Crippen LogP contribution is -2.51. The summed E-state index contributed by atoms with van der Waals surface area (Å²) in [6, 6.07) is 8.52. The molecule has 4 nitrogen and oxygen atoms in total. The largest absolute Gasteiger partial charge is 0.357 e. The molecular formula is C22H31N3O. The van der Waals surface area contributed by atoms with Crippen LogP contribution >= 0.6 is 0 Å². The molecule has 1 amide bonds. The predicted octanol–water partition coefficient (Wildman–Crippen LogP) is 4.29. The van der Waals surface area contributed by atoms with Crippen molar-refractivity contribution in [1.29, 1.82) is 0 Å². The second-order valence-electron chi connectivity index (χ2n) is 7.52. The number of hydrogen-bond acceptors (Lipinski definition) is 2. The summed E-state index contributed by atoms with van der Waals surface area (Å²) in [6.07, 6.45) is 3.85. The van der Waals surface area contributed by atoms with Gasteiger partial charge in [-0.15, -0.1) is 0 Å². The smallest absolute Gasteiger partial charge is 0.240 e. The third-order valence-corrected chi connectivity index (χ3v) is 5.79. The van der Waals surface area contributed by atoms with E-state index < -0.39 is 0 Å². The Bertz CT molecular complexity index is 820. The van der Waals surface area contributed by atoms with Crippen molar-refractivity contribution in [2.75, 3.05) is 20.1 Å². The first kappa shape index (κ1) is 18.7. The van der Waals surface area contributed by atoms with E-state index in [0.29, 0.717) is 0 Å². The fourth-order valence-electron chi connectivity index (χ4n) is 4.01. The number of carbonyl (C=O) groups excluding carboxylic acids is 1. The fourth-order valence-corrected chi connectivity index (χ4v) is 4.01. The first-order valence-electron chi connectivity index (χ1n) is 9.69. The number of H-pyrrole nitrogens is 1. The van der Waals surface area contributed by atoms with Gasteiger partial charge in [-0.25, -0.2) is 0 Å². The third-order valence-electron chi connectivity index (χ3n) is 5.79. The van der Waals surface area contributed by atoms with Crippen LogP contribution in [0.3, 0.4) is 0 Å². The predicted molar refractivity (Wildman–Crippen MR) is 108 cm³/mol. The molecule has 2 unspecified atom stereocenters. The van der Waals surface area contributed by atoms with E-state index in [4.69, 9.17) is 0 Å². The fraction of sp³-hybridized carbons (Fsp3) is 0.500. The quantitative estimate of drug-likeness (QED) is 0.815. The summed E-state index contributed by atoms with van der Waals surface area (Å²) in [7, 11) is 2.08. The molecule has 1 aromatic carbocycles. The number of benzene rings is 1. The van der Waals surface area contributed by atoms with Gasteiger partial charge >= 0.3 is 0 Å². The lowest BCUT2D eigenvalue weighted by atomic mass is 9.92. The summed E-state index contributed by atoms with van der Waals surface area (Å²) in [5.74, 6) is 0.248. The second-order valence-corrected chi connectivity index (χ2v) is 7.52. The Morgan fingerprint density at radius 1 is 1.38 bits per heavy atom. The Hall–Kier alpha value is -2.07. The summed E-state index contributed by atoms with van der Waals surface area (Å²) < 4.78 is 0. The number of fused-ring (bicyclic) bond motifs is 3. The molecule has 1 aromatic heterocycles. The van der Waals surface area contributed by atoms with Crippen LogP contribution < -0.4 is 0 Å². The molecule has 2 heterocycles. The minimum absolute atomic E-state index is 0.104. The Balaban J connectivity index is 1.93. The number of aromatic nitrogens is 1. The molecule has 0 bridgehead atoms. The number of amides is 1. The summed E-state index contributed by atoms with van der Waals surface area (Å²) in [5, 5.41) is 1.26. The highest BCUT2D eigenvalue weighted by Gasteiger charge is 2.37. The Labute approximate surface area is 156 Å². The molecule has 0 spiro atoms. The van der Waals surface area contributed by atoms with Gasteiger partial charge < -0.3 is 9.88 Å². The van der Waals surface area contributed by atoms with E-state index in [1.54, 1.807) is 0 Å². The zero-order chi connectivity index (χ0) is 18.8. The zero-order valence-corrected chi connectivity index (χ0v) is 16.7. The van der Waals surface area contributed by atoms with E-state index in [1.807, 2.05) is 11.8 Å². The molecule has 2 atom stereocenters. The lowest BCUT2D eigenvalue weighted by molar-refractivity contribution is -0.137. The summed E-state index contributed by atoms with van der Waals surface area (Å²) >= 11 is 0. The van der Waals surface area contributed by atoms with Crippen LogP contribution in [0.25, 0.3) is 10.9 Å². The number of likely N-dealkylation sites (N-methyl/N-ethyl adjacent to an activating group) is 1. The standard InChI is InChI=1S/C22H31N3O/c1-6-12-25(14-15(3)7-2)22(26)20-13-18-17-10-8-9-11-19(17)23-21(18)16(4)24(20)5/h7-11,16,20,23H,6,12-14H2,1-5H3/b15-7-. The van der Waals surface area contributed by atoms with Crippen LogP contribution in [0.1, 0.15) is 51.4 Å². The number of carbonyl (C=O) groups is 1. The molecule has 0 saturated carbocycles. The number of rotatable bonds is 5. The van der Waals surface area contributed by atoms with Gasteiger partial charge in [-0.3, -0.25) is 9.69 Å². The number of para-hydroxylation sites is 1. The van der Waals surface area contributed by atoms with E-state index >= 15 is 0 Å². The first-order valence-corrected chi connectivity index (χ1v) is 9.69. The van der Waals surface area contributed by atoms with Gasteiger partial charge in [-0.2, -0.15) is 0 Å². The van der Waals surface area contributed by atoms with Gasteiger partial charge in [0.2, 0.25) is 5.91 Å². The van der Waals surface area contributed by atoms with E-state index in [1.165, 1.54) is 27.7 Å². The van der Waals surface area contributed by atoms with Crippen LogP contribution in [-0.2, 0) is 11.2 Å². The maximum absolute atomic E-state index is 13.4. The molecule has 4 heteroatoms. The highest BCUT2D eigenvalue weighted by molar-refractivity contribution is 5.88. The van der Waals surface area contributed by atoms with Gasteiger partial charge in [0.1, 0.15) is 0 Å². The van der Waals surface area contributed by atoms with Crippen molar-refractivity contribution in [3.05, 3.63) is 47.2 Å². The Morgan fingerprint density at radius 3 is 2.81 bits per heavy atom. The van der Waals surface area contributed by atoms with Gasteiger partial charge in [0, 0.05) is 35.7 Å². The lowest BCUT2D eigenvalue weighted by Gasteiger charge is -2.39. The minimum atomic E-state index is -0.104. The summed E-state index contributed by atoms with van der Waals surface area (Å²) in [6.45, 7) is 10.00. The van der Waals surface area contributed by atoms with Crippen LogP contribution in [0.2, 0.25) is 0 Å². The molecule has 1 aliphatic heterocycles. The number of nitrogens with zero attached hydrogens (tertiary/aromatic N) is 2. The molecule has 140 valence electrons. The third kappa shape index (κ3) is 3.30. The van der Waals surface area contributed by atoms with Gasteiger partial charge in [0.25, 0.3) is 0 Å². The average Bonchev–Trinajstić information content (AvgIpc) is 3.02. The van der Waals surface area contributed by atoms with E-state index in [2.05, 4.69) is 68.0 Å². The van der Waals surface area contributed by atoms with E-state index in [0.717, 1.165) is 25.9 Å². The number of hydrogen-bond donors (Lipinski definition) is 1. The molecule has 26 heavy (non-hydrogen) atoms. The van der Waals surface area contributed by atoms with Gasteiger partial charge in [0.15, 0.2) is 0 Å². The van der Waals surface area contributed by atoms with Crippen molar-refractivity contribution in [2.24, 2.45) is 0 Å². The van der Waals surface area contributed by atoms with Crippen LogP contribution in [0.15, 0.2) is 35.9 Å². The van der Waals surface area contributed by atoms with E-state index in [9.17, 15) is 4.79 Å². The Morgan fingerprint density at radius 2 is 2.12 bits per heavy atom. The van der Waals surface area contributed by atoms with Crippen molar-refractivity contribution in [1.82, 2.24) is 14.8 Å². The summed E-state index contributed by atoms with van der Waals surface area (Å²) in [4.78, 5) is 21.2. The molecule has 1 N–H and O–H groups in total. The highest BCUT2D eigenvalue weighted by atomic mass is 16.2. The maximum Gasteiger partial charge on any atom is 0.240 e. The Kier molecular flexibility index (Phi) is 5.52. The zero-order valence-electron chi connectivity index (χ0n) is 16.7. The van der Waals surface area contributed by atoms with Crippen molar-refractivity contribution < 1.29 is 4.79 Å². The van der Waals surface area contributed by atoms with Gasteiger partial charge in [-0.1, -0.05) is 36.8 Å². The SMILES string of the molecule is C/C=C(/C)CN(CCC)C(=O)C1Cc2c([nH]c3ccccc23)C(C)N1C. The van der Waals surface area contributed by atoms with Crippen LogP contribution in [0.4, 0.5) is 0 Å². The van der Waals surface area contributed by atoms with Gasteiger partial charge in [0.05, 0.1) is 6.04 Å². The molecule has 0 fully saturated rings. The second kappa shape index (κ2) is 7.67. The van der Waals surface area contributed by atoms with Crippen LogP contribution in [-0.4, -0.2) is 46.9 Å². The van der Waals surface area contributed by atoms with Gasteiger partial charge in [-0.05, 0) is 52.3 Å². The normalized spacial score (nSPS) is 21.0. The van der Waals surface area contributed by atoms with Crippen molar-refractivity contribution in [3.8, 4) is 0 Å². The van der Waals surface area contributed by atoms with Crippen molar-refractivity contribution in [2.45, 2.75) is 52.6 Å². The molecular weight excluding hydrogens is 322 g/mol. The minimum Gasteiger partial charge on any atom is -0.357 e. The molecule has 1 aliphatic rings. The number of aromatic amines is 1. The maximum atomic E-state index is 13.4. The molecule has 0 radical (unpaired) electrons. The molecule has 2 aromatic rings. The molecule has 3 rings (SSSR count). The molecule has 0 saturated heterocycles. The van der Waals surface area contributed by atoms with Crippen molar-refractivity contribution in [3.63, 3.8) is 0 Å². The van der Waals surface area contributed by atoms with E-state index in [-0.39, 0.29) is 18.0 Å². The highest BCUT2D eigenvalue weighted by Crippen LogP contribution is 2.36. The van der Waals surface area contributed by atoms with Crippen LogP contribution in [0, 0.1) is 0 Å². The summed E-state index contributed by atoms with van der Waals surface area (Å²) in [5.41, 5.74) is 4.97. The number of allylic oxidation sites excluding steroid dienone is 1. The van der Waals surface area contributed by atoms with Crippen LogP contribution in [0.5, 0.6) is 0 Å². The molecule has 0 aliphatic carbocycles. The average molecular weight is 354 g/mol. The van der Waals surface area contributed by atoms with Crippen molar-refractivity contribution >= 4 is 16.8 Å². The topological polar surface area (TPSA) is 39.3 Å².